The highest BCUT2D eigenvalue weighted by molar-refractivity contribution is 5.52. The molecule has 2 aromatic heterocycles. The fraction of sp³-hybridized carbons (Fsp3) is 0.455. The van der Waals surface area contributed by atoms with Crippen LogP contribution in [0.1, 0.15) is 33.3 Å². The number of hydrogen-bond acceptors (Lipinski definition) is 3. The van der Waals surface area contributed by atoms with Gasteiger partial charge in [-0.05, 0) is 18.6 Å². The molecule has 0 amide bonds. The predicted octanol–water partition coefficient (Wildman–Crippen LogP) is 2.67. The van der Waals surface area contributed by atoms with Crippen molar-refractivity contribution >= 4 is 11.3 Å². The van der Waals surface area contributed by atoms with Crippen LogP contribution in [0.3, 0.4) is 0 Å². The Hall–Kier alpha value is -1.58. The van der Waals surface area contributed by atoms with E-state index in [0.29, 0.717) is 0 Å². The molecule has 0 saturated heterocycles. The number of pyridine rings is 1. The van der Waals surface area contributed by atoms with Gasteiger partial charge in [-0.1, -0.05) is 27.7 Å². The lowest BCUT2D eigenvalue weighted by atomic mass is 10.2. The van der Waals surface area contributed by atoms with Crippen LogP contribution in [0.4, 0.5) is 5.69 Å². The van der Waals surface area contributed by atoms with Crippen molar-refractivity contribution in [3.8, 4) is 0 Å². The van der Waals surface area contributed by atoms with Gasteiger partial charge in [0.05, 0.1) is 11.9 Å². The highest BCUT2D eigenvalue weighted by Gasteiger charge is 1.97. The van der Waals surface area contributed by atoms with E-state index < -0.39 is 0 Å². The monoisotopic (exact) mass is 208 g/mol. The van der Waals surface area contributed by atoms with E-state index in [1.807, 2.05) is 40.7 Å². The molecule has 0 aliphatic carbocycles. The molecular weight excluding hydrogens is 188 g/mol. The number of rotatable bonds is 0. The lowest BCUT2D eigenvalue weighted by Crippen LogP contribution is -1.94. The molecule has 0 unspecified atom stereocenters. The molecule has 0 atom stereocenters. The molecule has 2 aromatic rings. The number of aryl methyl sites for hydroxylation is 1. The van der Waals surface area contributed by atoms with E-state index in [1.165, 1.54) is 6.33 Å². The number of nitrogens with zero attached hydrogens (tertiary/aromatic N) is 3. The van der Waals surface area contributed by atoms with Crippen molar-refractivity contribution < 1.29 is 0 Å². The molecule has 0 bridgehead atoms. The smallest absolute Gasteiger partial charge is 0.155 e. The van der Waals surface area contributed by atoms with E-state index >= 15 is 0 Å². The summed E-state index contributed by atoms with van der Waals surface area (Å²) in [5.74, 6) is 0. The van der Waals surface area contributed by atoms with Crippen molar-refractivity contribution in [1.29, 1.82) is 0 Å². The third-order valence-electron chi connectivity index (χ3n) is 1.66. The van der Waals surface area contributed by atoms with Gasteiger partial charge in [0.25, 0.3) is 0 Å². The van der Waals surface area contributed by atoms with Crippen LogP contribution in [0.25, 0.3) is 5.65 Å². The molecule has 84 valence electrons. The predicted molar refractivity (Wildman–Crippen MR) is 64.8 cm³/mol. The molecule has 0 aliphatic rings. The summed E-state index contributed by atoms with van der Waals surface area (Å²) >= 11 is 0. The highest BCUT2D eigenvalue weighted by Crippen LogP contribution is 2.10. The fourth-order valence-corrected chi connectivity index (χ4v) is 0.972. The van der Waals surface area contributed by atoms with Gasteiger partial charge in [0, 0.05) is 0 Å². The third-order valence-corrected chi connectivity index (χ3v) is 1.66. The van der Waals surface area contributed by atoms with Crippen molar-refractivity contribution in [2.45, 2.75) is 34.6 Å². The zero-order valence-electron chi connectivity index (χ0n) is 10.2. The Kier molecular flexibility index (Phi) is 6.09. The van der Waals surface area contributed by atoms with E-state index in [1.54, 1.807) is 10.7 Å². The molecule has 2 N–H and O–H groups in total. The number of hydrogen-bond donors (Lipinski definition) is 1. The summed E-state index contributed by atoms with van der Waals surface area (Å²) in [6.07, 6.45) is 3.27. The summed E-state index contributed by atoms with van der Waals surface area (Å²) in [5, 5.41) is 3.95. The summed E-state index contributed by atoms with van der Waals surface area (Å²) in [6.45, 7) is 9.95. The summed E-state index contributed by atoms with van der Waals surface area (Å²) < 4.78 is 1.66. The first kappa shape index (κ1) is 13.4. The Morgan fingerprint density at radius 1 is 1.20 bits per heavy atom. The van der Waals surface area contributed by atoms with Crippen LogP contribution in [0, 0.1) is 6.92 Å². The van der Waals surface area contributed by atoms with Gasteiger partial charge in [0.1, 0.15) is 6.33 Å². The Balaban J connectivity index is 0.000000442. The van der Waals surface area contributed by atoms with Gasteiger partial charge in [-0.3, -0.25) is 0 Å². The van der Waals surface area contributed by atoms with Crippen molar-refractivity contribution in [2.24, 2.45) is 0 Å². The van der Waals surface area contributed by atoms with Crippen molar-refractivity contribution in [2.75, 3.05) is 5.73 Å². The molecule has 0 spiro atoms. The summed E-state index contributed by atoms with van der Waals surface area (Å²) in [6, 6.07) is 1.91. The van der Waals surface area contributed by atoms with Gasteiger partial charge in [-0.2, -0.15) is 5.10 Å². The Morgan fingerprint density at radius 3 is 2.40 bits per heavy atom. The summed E-state index contributed by atoms with van der Waals surface area (Å²) in [4.78, 5) is 4.02. The average molecular weight is 208 g/mol. The first-order chi connectivity index (χ1) is 7.27. The molecule has 4 nitrogen and oxygen atoms in total. The molecule has 0 saturated carbocycles. The van der Waals surface area contributed by atoms with Crippen LogP contribution in [-0.4, -0.2) is 14.6 Å². The highest BCUT2D eigenvalue weighted by atomic mass is 15.3. The van der Waals surface area contributed by atoms with Crippen LogP contribution in [0.5, 0.6) is 0 Å². The normalized spacial score (nSPS) is 8.60. The first-order valence-corrected chi connectivity index (χ1v) is 5.33. The largest absolute Gasteiger partial charge is 0.397 e. The van der Waals surface area contributed by atoms with E-state index in [9.17, 15) is 0 Å². The first-order valence-electron chi connectivity index (χ1n) is 5.33. The maximum absolute atomic E-state index is 5.66. The maximum Gasteiger partial charge on any atom is 0.155 e. The molecular formula is C11H20N4. The van der Waals surface area contributed by atoms with Gasteiger partial charge in [-0.15, -0.1) is 0 Å². The minimum absolute atomic E-state index is 0.739. The standard InChI is InChI=1S/C7H8N4.2C2H6/c1-5-2-7-9-4-10-11(7)3-6(5)8;2*1-2/h2-4H,8H2,1H3;2*1-2H3. The van der Waals surface area contributed by atoms with Crippen LogP contribution < -0.4 is 5.73 Å². The zero-order valence-corrected chi connectivity index (χ0v) is 10.2. The van der Waals surface area contributed by atoms with Crippen LogP contribution in [0.15, 0.2) is 18.6 Å². The zero-order chi connectivity index (χ0) is 11.8. The number of aromatic nitrogens is 3. The molecule has 2 heterocycles. The van der Waals surface area contributed by atoms with Crippen molar-refractivity contribution in [1.82, 2.24) is 14.6 Å². The number of nitrogens with two attached hydrogens (primary N) is 1. The quantitative estimate of drug-likeness (QED) is 0.724. The van der Waals surface area contributed by atoms with Gasteiger partial charge >= 0.3 is 0 Å². The molecule has 0 fully saturated rings. The molecule has 15 heavy (non-hydrogen) atoms. The van der Waals surface area contributed by atoms with Crippen LogP contribution >= 0.6 is 0 Å². The number of anilines is 1. The van der Waals surface area contributed by atoms with Gasteiger partial charge in [0.2, 0.25) is 0 Å². The van der Waals surface area contributed by atoms with Crippen LogP contribution in [0.2, 0.25) is 0 Å². The lowest BCUT2D eigenvalue weighted by Gasteiger charge is -1.98. The van der Waals surface area contributed by atoms with Gasteiger partial charge < -0.3 is 5.73 Å². The van der Waals surface area contributed by atoms with Crippen molar-refractivity contribution in [3.63, 3.8) is 0 Å². The second-order valence-corrected chi connectivity index (χ2v) is 2.47. The second kappa shape index (κ2) is 6.81. The molecule has 4 heteroatoms. The number of nitrogen functional groups attached to an aromatic ring is 1. The topological polar surface area (TPSA) is 56.2 Å². The summed E-state index contributed by atoms with van der Waals surface area (Å²) in [7, 11) is 0. The van der Waals surface area contributed by atoms with Gasteiger partial charge in [0.15, 0.2) is 5.65 Å². The fourth-order valence-electron chi connectivity index (χ4n) is 0.972. The van der Waals surface area contributed by atoms with Crippen molar-refractivity contribution in [3.05, 3.63) is 24.2 Å². The van der Waals surface area contributed by atoms with E-state index in [-0.39, 0.29) is 0 Å². The molecule has 0 radical (unpaired) electrons. The van der Waals surface area contributed by atoms with Crippen LogP contribution in [-0.2, 0) is 0 Å². The van der Waals surface area contributed by atoms with Gasteiger partial charge in [-0.25, -0.2) is 9.50 Å². The average Bonchev–Trinajstić information content (AvgIpc) is 2.72. The van der Waals surface area contributed by atoms with E-state index in [4.69, 9.17) is 5.73 Å². The second-order valence-electron chi connectivity index (χ2n) is 2.47. The Bertz CT molecular complexity index is 356. The minimum Gasteiger partial charge on any atom is -0.397 e. The maximum atomic E-state index is 5.66. The Labute approximate surface area is 91.1 Å². The minimum atomic E-state index is 0.739. The SMILES string of the molecule is CC.CC.Cc1cc2ncnn2cc1N. The third kappa shape index (κ3) is 3.23. The molecule has 0 aliphatic heterocycles. The van der Waals surface area contributed by atoms with E-state index in [2.05, 4.69) is 10.1 Å². The summed E-state index contributed by atoms with van der Waals surface area (Å²) in [5.41, 5.74) is 8.26. The number of fused-ring (bicyclic) bond motifs is 1. The van der Waals surface area contributed by atoms with E-state index in [0.717, 1.165) is 16.9 Å². The molecule has 0 aromatic carbocycles. The molecule has 2 rings (SSSR count). The Morgan fingerprint density at radius 2 is 1.80 bits per heavy atom. The lowest BCUT2D eigenvalue weighted by molar-refractivity contribution is 0.960.